The molecule has 1 aromatic heterocycles. The smallest absolute Gasteiger partial charge is 0.256 e. The highest BCUT2D eigenvalue weighted by atomic mass is 79.9. The van der Waals surface area contributed by atoms with Gasteiger partial charge in [-0.2, -0.15) is 0 Å². The number of aromatic amines is 1. The molecule has 1 N–H and O–H groups in total. The van der Waals surface area contributed by atoms with Gasteiger partial charge >= 0.3 is 0 Å². The Bertz CT molecular complexity index is 562. The Balaban J connectivity index is 2.96. The summed E-state index contributed by atoms with van der Waals surface area (Å²) in [5.41, 5.74) is 0.507. The lowest BCUT2D eigenvalue weighted by Crippen LogP contribution is -2.07. The van der Waals surface area contributed by atoms with Gasteiger partial charge in [-0.25, -0.2) is 4.39 Å². The molecule has 0 bridgehead atoms. The number of nitrogens with one attached hydrogen (secondary N) is 1. The van der Waals surface area contributed by atoms with Crippen LogP contribution in [-0.4, -0.2) is 4.98 Å². The molecule has 0 aliphatic rings. The molecule has 4 heteroatoms. The van der Waals surface area contributed by atoms with Crippen LogP contribution >= 0.6 is 15.9 Å². The van der Waals surface area contributed by atoms with Gasteiger partial charge in [0.2, 0.25) is 0 Å². The van der Waals surface area contributed by atoms with Gasteiger partial charge in [0.05, 0.1) is 4.47 Å². The van der Waals surface area contributed by atoms with E-state index in [1.165, 1.54) is 6.07 Å². The minimum atomic E-state index is -0.424. The van der Waals surface area contributed by atoms with Crippen molar-refractivity contribution in [2.75, 3.05) is 0 Å². The van der Waals surface area contributed by atoms with E-state index in [1.54, 1.807) is 19.1 Å². The van der Waals surface area contributed by atoms with E-state index in [1.807, 2.05) is 0 Å². The van der Waals surface area contributed by atoms with E-state index in [4.69, 9.17) is 0 Å². The van der Waals surface area contributed by atoms with Crippen LogP contribution in [0.3, 0.4) is 0 Å². The molecule has 0 saturated heterocycles. The van der Waals surface area contributed by atoms with Gasteiger partial charge in [-0.1, -0.05) is 0 Å². The van der Waals surface area contributed by atoms with Gasteiger partial charge < -0.3 is 4.98 Å². The summed E-state index contributed by atoms with van der Waals surface area (Å²) < 4.78 is 13.5. The van der Waals surface area contributed by atoms with Crippen LogP contribution in [0, 0.1) is 12.7 Å². The van der Waals surface area contributed by atoms with E-state index in [-0.39, 0.29) is 5.56 Å². The highest BCUT2D eigenvalue weighted by Crippen LogP contribution is 2.21. The summed E-state index contributed by atoms with van der Waals surface area (Å²) in [5.74, 6) is -0.424. The fraction of sp³-hybridized carbons (Fsp3) is 0.100. The number of hydrogen-bond acceptors (Lipinski definition) is 1. The molecule has 1 heterocycles. The number of rotatable bonds is 0. The van der Waals surface area contributed by atoms with Gasteiger partial charge in [0.25, 0.3) is 5.56 Å². The number of H-pyrrole nitrogens is 1. The topological polar surface area (TPSA) is 32.9 Å². The average Bonchev–Trinajstić information content (AvgIpc) is 2.08. The van der Waals surface area contributed by atoms with Crippen LogP contribution in [0.1, 0.15) is 5.69 Å². The second-order valence-corrected chi connectivity index (χ2v) is 3.99. The highest BCUT2D eigenvalue weighted by molar-refractivity contribution is 9.10. The maximum absolute atomic E-state index is 13.1. The quantitative estimate of drug-likeness (QED) is 0.772. The molecule has 0 spiro atoms. The summed E-state index contributed by atoms with van der Waals surface area (Å²) in [7, 11) is 0. The van der Waals surface area contributed by atoms with Crippen LogP contribution in [0.15, 0.2) is 27.5 Å². The molecule has 2 aromatic rings. The van der Waals surface area contributed by atoms with Crippen LogP contribution in [0.25, 0.3) is 10.8 Å². The van der Waals surface area contributed by atoms with Gasteiger partial charge in [0, 0.05) is 11.1 Å². The fourth-order valence-corrected chi connectivity index (χ4v) is 1.76. The van der Waals surface area contributed by atoms with E-state index in [0.717, 1.165) is 11.1 Å². The highest BCUT2D eigenvalue weighted by Gasteiger charge is 2.05. The lowest BCUT2D eigenvalue weighted by atomic mass is 10.1. The maximum atomic E-state index is 13.1. The van der Waals surface area contributed by atoms with Crippen LogP contribution in [-0.2, 0) is 0 Å². The van der Waals surface area contributed by atoms with Gasteiger partial charge in [-0.05, 0) is 46.4 Å². The molecule has 0 radical (unpaired) electrons. The first-order valence-corrected chi connectivity index (χ1v) is 4.86. The van der Waals surface area contributed by atoms with Crippen molar-refractivity contribution in [3.63, 3.8) is 0 Å². The largest absolute Gasteiger partial charge is 0.326 e. The standard InChI is InChI=1S/C10H7BrFNO/c1-5-2-6-3-8(11)9(12)4-7(6)10(14)13-5/h2-4H,1H3,(H,13,14). The number of pyridine rings is 1. The molecule has 0 atom stereocenters. The molecule has 0 fully saturated rings. The zero-order valence-electron chi connectivity index (χ0n) is 7.40. The molecule has 0 saturated carbocycles. The number of halogens is 2. The third-order valence-corrected chi connectivity index (χ3v) is 2.63. The fourth-order valence-electron chi connectivity index (χ4n) is 1.39. The van der Waals surface area contributed by atoms with Crippen molar-refractivity contribution in [2.24, 2.45) is 0 Å². The first-order chi connectivity index (χ1) is 6.58. The number of hydrogen-bond donors (Lipinski definition) is 1. The van der Waals surface area contributed by atoms with Gasteiger partial charge in [-0.3, -0.25) is 4.79 Å². The maximum Gasteiger partial charge on any atom is 0.256 e. The molecule has 14 heavy (non-hydrogen) atoms. The van der Waals surface area contributed by atoms with E-state index < -0.39 is 5.82 Å². The molecule has 72 valence electrons. The van der Waals surface area contributed by atoms with E-state index in [0.29, 0.717) is 9.86 Å². The first-order valence-electron chi connectivity index (χ1n) is 4.06. The van der Waals surface area contributed by atoms with Crippen LogP contribution in [0.2, 0.25) is 0 Å². The number of benzene rings is 1. The van der Waals surface area contributed by atoms with E-state index in [2.05, 4.69) is 20.9 Å². The number of aromatic nitrogens is 1. The van der Waals surface area contributed by atoms with Crippen molar-refractivity contribution in [1.82, 2.24) is 4.98 Å². The second-order valence-electron chi connectivity index (χ2n) is 3.14. The lowest BCUT2D eigenvalue weighted by Gasteiger charge is -2.00. The summed E-state index contributed by atoms with van der Waals surface area (Å²) in [4.78, 5) is 14.0. The Labute approximate surface area is 87.9 Å². The molecule has 1 aromatic carbocycles. The van der Waals surface area contributed by atoms with Crippen molar-refractivity contribution >= 4 is 26.7 Å². The van der Waals surface area contributed by atoms with Crippen LogP contribution in [0.5, 0.6) is 0 Å². The summed E-state index contributed by atoms with van der Waals surface area (Å²) in [5, 5.41) is 1.11. The average molecular weight is 256 g/mol. The Morgan fingerprint density at radius 1 is 1.36 bits per heavy atom. The Kier molecular flexibility index (Phi) is 2.15. The third kappa shape index (κ3) is 1.46. The molecule has 2 nitrogen and oxygen atoms in total. The predicted octanol–water partition coefficient (Wildman–Crippen LogP) is 2.74. The zero-order chi connectivity index (χ0) is 10.3. The van der Waals surface area contributed by atoms with Gasteiger partial charge in [-0.15, -0.1) is 0 Å². The Morgan fingerprint density at radius 3 is 2.79 bits per heavy atom. The number of aryl methyl sites for hydroxylation is 1. The Hall–Kier alpha value is -1.16. The van der Waals surface area contributed by atoms with Gasteiger partial charge in [0.15, 0.2) is 0 Å². The van der Waals surface area contributed by atoms with Crippen molar-refractivity contribution in [3.05, 3.63) is 44.5 Å². The summed E-state index contributed by atoms with van der Waals surface area (Å²) in [6.07, 6.45) is 0. The molecular formula is C10H7BrFNO. The summed E-state index contributed by atoms with van der Waals surface area (Å²) in [6.45, 7) is 1.79. The second kappa shape index (κ2) is 3.20. The lowest BCUT2D eigenvalue weighted by molar-refractivity contribution is 0.623. The third-order valence-electron chi connectivity index (χ3n) is 2.02. The minimum Gasteiger partial charge on any atom is -0.326 e. The van der Waals surface area contributed by atoms with Crippen molar-refractivity contribution in [1.29, 1.82) is 0 Å². The number of fused-ring (bicyclic) bond motifs is 1. The normalized spacial score (nSPS) is 10.8. The van der Waals surface area contributed by atoms with Crippen molar-refractivity contribution in [3.8, 4) is 0 Å². The monoisotopic (exact) mass is 255 g/mol. The molecular weight excluding hydrogens is 249 g/mol. The van der Waals surface area contributed by atoms with E-state index in [9.17, 15) is 9.18 Å². The van der Waals surface area contributed by atoms with Crippen molar-refractivity contribution < 1.29 is 4.39 Å². The molecule has 2 rings (SSSR count). The molecule has 0 aliphatic heterocycles. The first kappa shape index (κ1) is 9.40. The van der Waals surface area contributed by atoms with Crippen molar-refractivity contribution in [2.45, 2.75) is 6.92 Å². The Morgan fingerprint density at radius 2 is 2.07 bits per heavy atom. The molecule has 0 amide bonds. The summed E-state index contributed by atoms with van der Waals surface area (Å²) in [6, 6.07) is 4.64. The van der Waals surface area contributed by atoms with Gasteiger partial charge in [0.1, 0.15) is 5.82 Å². The van der Waals surface area contributed by atoms with Crippen LogP contribution in [0.4, 0.5) is 4.39 Å². The summed E-state index contributed by atoms with van der Waals surface area (Å²) >= 11 is 3.08. The minimum absolute atomic E-state index is 0.258. The zero-order valence-corrected chi connectivity index (χ0v) is 8.98. The van der Waals surface area contributed by atoms with Crippen LogP contribution < -0.4 is 5.56 Å². The SMILES string of the molecule is Cc1cc2cc(Br)c(F)cc2c(=O)[nH]1. The molecule has 0 aliphatic carbocycles. The molecule has 0 unspecified atom stereocenters. The predicted molar refractivity (Wildman–Crippen MR) is 57.0 cm³/mol. The van der Waals surface area contributed by atoms with E-state index >= 15 is 0 Å².